The van der Waals surface area contributed by atoms with Crippen LogP contribution in [-0.4, -0.2) is 40.7 Å². The first-order chi connectivity index (χ1) is 18.3. The van der Waals surface area contributed by atoms with Gasteiger partial charge in [0, 0.05) is 12.6 Å². The molecule has 8 nitrogen and oxygen atoms in total. The number of hydrogen-bond donors (Lipinski definition) is 1. The van der Waals surface area contributed by atoms with E-state index in [1.165, 1.54) is 28.8 Å². The largest absolute Gasteiger partial charge is 0.490 e. The number of carbonyl (C=O) groups excluding carboxylic acids is 1. The van der Waals surface area contributed by atoms with Gasteiger partial charge in [0.05, 0.1) is 38.9 Å². The van der Waals surface area contributed by atoms with Gasteiger partial charge in [0.25, 0.3) is 5.91 Å². The zero-order chi connectivity index (χ0) is 27.2. The van der Waals surface area contributed by atoms with Crippen molar-refractivity contribution < 1.29 is 24.2 Å². The van der Waals surface area contributed by atoms with E-state index in [2.05, 4.69) is 27.0 Å². The number of rotatable bonds is 8. The molecule has 3 aromatic carbocycles. The number of halogens is 1. The minimum absolute atomic E-state index is 0.162. The average molecular weight is 592 g/mol. The molecule has 1 aliphatic rings. The first kappa shape index (κ1) is 27.0. The molecule has 0 radical (unpaired) electrons. The number of benzene rings is 3. The molecule has 1 N–H and O–H groups in total. The van der Waals surface area contributed by atoms with Gasteiger partial charge in [-0.05, 0) is 88.7 Å². The Morgan fingerprint density at radius 3 is 2.61 bits per heavy atom. The quantitative estimate of drug-likeness (QED) is 0.309. The number of ether oxygens (including phenoxy) is 2. The Morgan fingerprint density at radius 1 is 1.18 bits per heavy atom. The highest BCUT2D eigenvalue weighted by molar-refractivity contribution is 9.10. The van der Waals surface area contributed by atoms with Gasteiger partial charge in [-0.15, -0.1) is 0 Å². The molecule has 4 rings (SSSR count). The molecule has 0 bridgehead atoms. The molecule has 38 heavy (non-hydrogen) atoms. The maximum atomic E-state index is 12.9. The maximum absolute atomic E-state index is 12.9. The molecule has 1 fully saturated rings. The molecule has 0 spiro atoms. The lowest BCUT2D eigenvalue weighted by Gasteiger charge is -2.15. The molecule has 1 saturated heterocycles. The lowest BCUT2D eigenvalue weighted by atomic mass is 10.1. The Balaban J connectivity index is 1.58. The van der Waals surface area contributed by atoms with Crippen LogP contribution >= 0.6 is 27.7 Å². The number of aromatic carboxylic acids is 1. The highest BCUT2D eigenvalue weighted by Gasteiger charge is 2.30. The van der Waals surface area contributed by atoms with Gasteiger partial charge in [-0.1, -0.05) is 18.2 Å². The van der Waals surface area contributed by atoms with Crippen LogP contribution < -0.4 is 9.47 Å². The van der Waals surface area contributed by atoms with Crippen molar-refractivity contribution in [3.8, 4) is 17.6 Å². The van der Waals surface area contributed by atoms with E-state index in [-0.39, 0.29) is 18.1 Å². The molecule has 1 aliphatic heterocycles. The van der Waals surface area contributed by atoms with Gasteiger partial charge in [0.2, 0.25) is 0 Å². The monoisotopic (exact) mass is 591 g/mol. The van der Waals surface area contributed by atoms with E-state index >= 15 is 0 Å². The van der Waals surface area contributed by atoms with Crippen molar-refractivity contribution in [2.24, 2.45) is 4.99 Å². The maximum Gasteiger partial charge on any atom is 0.335 e. The van der Waals surface area contributed by atoms with E-state index < -0.39 is 5.97 Å². The lowest BCUT2D eigenvalue weighted by Crippen LogP contribution is -2.23. The average Bonchev–Trinajstić information content (AvgIpc) is 3.16. The molecule has 0 atom stereocenters. The predicted octanol–water partition coefficient (Wildman–Crippen LogP) is 6.23. The first-order valence-electron chi connectivity index (χ1n) is 11.5. The van der Waals surface area contributed by atoms with Crippen LogP contribution in [0.1, 0.15) is 34.0 Å². The van der Waals surface area contributed by atoms with Gasteiger partial charge in [-0.3, -0.25) is 9.69 Å². The van der Waals surface area contributed by atoms with Crippen molar-refractivity contribution in [2.75, 3.05) is 13.7 Å². The zero-order valence-electron chi connectivity index (χ0n) is 20.5. The number of thioether (sulfide) groups is 1. The Labute approximate surface area is 232 Å². The number of carboxylic acid groups (broad SMARTS) is 1. The lowest BCUT2D eigenvalue weighted by molar-refractivity contribution is -0.121. The van der Waals surface area contributed by atoms with Gasteiger partial charge < -0.3 is 14.6 Å². The van der Waals surface area contributed by atoms with E-state index in [9.17, 15) is 14.9 Å². The second kappa shape index (κ2) is 12.0. The molecular weight excluding hydrogens is 570 g/mol. The Hall–Kier alpha value is -4.07. The van der Waals surface area contributed by atoms with E-state index in [4.69, 9.17) is 14.6 Å². The summed E-state index contributed by atoms with van der Waals surface area (Å²) in [7, 11) is 1.64. The van der Waals surface area contributed by atoms with Gasteiger partial charge in [0.1, 0.15) is 6.61 Å². The fourth-order valence-electron chi connectivity index (χ4n) is 3.57. The number of aliphatic imine (C=N–C) groups is 1. The van der Waals surface area contributed by atoms with Crippen LogP contribution in [0, 0.1) is 11.3 Å². The normalized spacial score (nSPS) is 15.1. The van der Waals surface area contributed by atoms with E-state index in [1.54, 1.807) is 43.5 Å². The van der Waals surface area contributed by atoms with Crippen molar-refractivity contribution in [3.05, 3.63) is 92.3 Å². The molecule has 0 aromatic heterocycles. The third-order valence-electron chi connectivity index (χ3n) is 5.48. The number of likely N-dealkylation sites (N-methyl/N-ethyl adjacent to an activating group) is 1. The fourth-order valence-corrected chi connectivity index (χ4v) is 5.13. The molecule has 10 heteroatoms. The Bertz CT molecular complexity index is 1500. The van der Waals surface area contributed by atoms with Crippen molar-refractivity contribution in [3.63, 3.8) is 0 Å². The van der Waals surface area contributed by atoms with E-state index in [1.807, 2.05) is 25.1 Å². The Morgan fingerprint density at radius 2 is 1.92 bits per heavy atom. The zero-order valence-corrected chi connectivity index (χ0v) is 22.9. The number of nitrogens with zero attached hydrogens (tertiary/aromatic N) is 3. The fraction of sp³-hybridized carbons (Fsp3) is 0.143. The first-order valence-corrected chi connectivity index (χ1v) is 13.1. The summed E-state index contributed by atoms with van der Waals surface area (Å²) in [5, 5.41) is 18.9. The highest BCUT2D eigenvalue weighted by Crippen LogP contribution is 2.40. The number of amidine groups is 1. The van der Waals surface area contributed by atoms with Crippen LogP contribution in [0.25, 0.3) is 6.08 Å². The summed E-state index contributed by atoms with van der Waals surface area (Å²) in [4.78, 5) is 30.4. The smallest absolute Gasteiger partial charge is 0.335 e. The third kappa shape index (κ3) is 6.07. The van der Waals surface area contributed by atoms with Gasteiger partial charge in [-0.25, -0.2) is 9.79 Å². The Kier molecular flexibility index (Phi) is 8.51. The minimum atomic E-state index is -1.02. The van der Waals surface area contributed by atoms with E-state index in [0.29, 0.717) is 43.9 Å². The number of hydrogen-bond acceptors (Lipinski definition) is 7. The van der Waals surface area contributed by atoms with Crippen molar-refractivity contribution in [1.29, 1.82) is 5.26 Å². The summed E-state index contributed by atoms with van der Waals surface area (Å²) in [6, 6.07) is 19.1. The van der Waals surface area contributed by atoms with Crippen LogP contribution in [0.4, 0.5) is 5.69 Å². The molecule has 1 heterocycles. The molecule has 1 amide bonds. The number of nitriles is 1. The molecule has 0 saturated carbocycles. The summed E-state index contributed by atoms with van der Waals surface area (Å²) in [6.45, 7) is 2.46. The molecule has 0 unspecified atom stereocenters. The molecule has 0 aliphatic carbocycles. The third-order valence-corrected chi connectivity index (χ3v) is 7.13. The van der Waals surface area contributed by atoms with Crippen LogP contribution in [-0.2, 0) is 11.4 Å². The predicted molar refractivity (Wildman–Crippen MR) is 150 cm³/mol. The van der Waals surface area contributed by atoms with Crippen molar-refractivity contribution in [2.45, 2.75) is 13.5 Å². The molecular formula is C28H22BrN3O5S. The SMILES string of the molecule is CCOc1cc(/C=C2\SC(=Nc3ccc(C(=O)O)cc3)N(C)C2=O)cc(Br)c1OCc1ccccc1C#N. The highest BCUT2D eigenvalue weighted by atomic mass is 79.9. The van der Waals surface area contributed by atoms with Gasteiger partial charge in [0.15, 0.2) is 16.7 Å². The van der Waals surface area contributed by atoms with Crippen LogP contribution in [0.15, 0.2) is 75.0 Å². The summed E-state index contributed by atoms with van der Waals surface area (Å²) in [5.74, 6) is -0.230. The summed E-state index contributed by atoms with van der Waals surface area (Å²) in [5.41, 5.74) is 2.73. The number of carbonyl (C=O) groups is 2. The number of amides is 1. The second-order valence-electron chi connectivity index (χ2n) is 8.04. The number of carboxylic acids is 1. The van der Waals surface area contributed by atoms with Crippen LogP contribution in [0.2, 0.25) is 0 Å². The topological polar surface area (TPSA) is 112 Å². The van der Waals surface area contributed by atoms with Crippen molar-refractivity contribution in [1.82, 2.24) is 4.90 Å². The van der Waals surface area contributed by atoms with Gasteiger partial charge in [-0.2, -0.15) is 5.26 Å². The van der Waals surface area contributed by atoms with Crippen LogP contribution in [0.5, 0.6) is 11.5 Å². The van der Waals surface area contributed by atoms with Crippen molar-refractivity contribution >= 4 is 56.5 Å². The van der Waals surface area contributed by atoms with Gasteiger partial charge >= 0.3 is 5.97 Å². The summed E-state index contributed by atoms with van der Waals surface area (Å²) < 4.78 is 12.5. The second-order valence-corrected chi connectivity index (χ2v) is 9.91. The molecule has 3 aromatic rings. The van der Waals surface area contributed by atoms with E-state index in [0.717, 1.165) is 11.1 Å². The summed E-state index contributed by atoms with van der Waals surface area (Å²) >= 11 is 4.78. The minimum Gasteiger partial charge on any atom is -0.490 e. The van der Waals surface area contributed by atoms with Crippen LogP contribution in [0.3, 0.4) is 0 Å². The summed E-state index contributed by atoms with van der Waals surface area (Å²) in [6.07, 6.45) is 1.75. The standard InChI is InChI=1S/C28H22BrN3O5S/c1-3-36-23-13-17(12-22(29)25(23)37-16-20-7-5-4-6-19(20)15-30)14-24-26(33)32(2)28(38-24)31-21-10-8-18(9-11-21)27(34)35/h4-14H,3,16H2,1-2H3,(H,34,35)/b24-14-,31-28?. The molecule has 192 valence electrons.